The molecule has 0 bridgehead atoms. The van der Waals surface area contributed by atoms with Gasteiger partial charge >= 0.3 is 6.03 Å². The van der Waals surface area contributed by atoms with Gasteiger partial charge in [-0.2, -0.15) is 5.10 Å². The van der Waals surface area contributed by atoms with Gasteiger partial charge in [0.15, 0.2) is 0 Å². The summed E-state index contributed by atoms with van der Waals surface area (Å²) in [7, 11) is 0. The lowest BCUT2D eigenvalue weighted by atomic mass is 10.2. The van der Waals surface area contributed by atoms with Crippen LogP contribution < -0.4 is 16.0 Å². The van der Waals surface area contributed by atoms with E-state index < -0.39 is 11.8 Å². The third-order valence-electron chi connectivity index (χ3n) is 3.79. The predicted octanol–water partition coefficient (Wildman–Crippen LogP) is 2.94. The Morgan fingerprint density at radius 2 is 1.96 bits per heavy atom. The van der Waals surface area contributed by atoms with Crippen molar-refractivity contribution in [2.24, 2.45) is 0 Å². The van der Waals surface area contributed by atoms with Crippen LogP contribution in [0.2, 0.25) is 0 Å². The molecule has 7 nitrogen and oxygen atoms in total. The highest BCUT2D eigenvalue weighted by molar-refractivity contribution is 5.92. The van der Waals surface area contributed by atoms with E-state index in [1.807, 2.05) is 25.5 Å². The Labute approximate surface area is 145 Å². The fraction of sp³-hybridized carbons (Fsp3) is 0.353. The second-order valence-electron chi connectivity index (χ2n) is 5.65. The third-order valence-corrected chi connectivity index (χ3v) is 3.79. The molecule has 25 heavy (non-hydrogen) atoms. The van der Waals surface area contributed by atoms with Crippen molar-refractivity contribution in [1.82, 2.24) is 15.1 Å². The van der Waals surface area contributed by atoms with Gasteiger partial charge in [-0.3, -0.25) is 9.48 Å². The van der Waals surface area contributed by atoms with Gasteiger partial charge in [-0.25, -0.2) is 9.18 Å². The summed E-state index contributed by atoms with van der Waals surface area (Å²) in [5.74, 6) is -0.865. The standard InChI is InChI=1S/C17H22FN5O2/c1-5-23-11(3)14(10(2)22-23)9-19-17(25)21-16-8-13(20-12(4)24)6-7-15(16)18/h6-8H,5,9H2,1-4H3,(H,20,24)(H2,19,21,25). The van der Waals surface area contributed by atoms with Crippen LogP contribution in [-0.4, -0.2) is 21.7 Å². The van der Waals surface area contributed by atoms with Crippen molar-refractivity contribution < 1.29 is 14.0 Å². The number of nitrogens with one attached hydrogen (secondary N) is 3. The number of benzene rings is 1. The first kappa shape index (κ1) is 18.4. The molecule has 0 radical (unpaired) electrons. The van der Waals surface area contributed by atoms with Crippen LogP contribution in [0.25, 0.3) is 0 Å². The number of amides is 3. The third kappa shape index (κ3) is 4.56. The zero-order chi connectivity index (χ0) is 18.6. The minimum atomic E-state index is -0.588. The Bertz CT molecular complexity index is 801. The first-order valence-electron chi connectivity index (χ1n) is 7.96. The molecule has 0 fully saturated rings. The lowest BCUT2D eigenvalue weighted by Crippen LogP contribution is -2.29. The first-order valence-corrected chi connectivity index (χ1v) is 7.96. The number of nitrogens with zero attached hydrogens (tertiary/aromatic N) is 2. The fourth-order valence-corrected chi connectivity index (χ4v) is 2.53. The van der Waals surface area contributed by atoms with Crippen LogP contribution in [0.5, 0.6) is 0 Å². The maximum absolute atomic E-state index is 13.8. The number of aryl methyl sites for hydroxylation is 2. The number of hydrogen-bond donors (Lipinski definition) is 3. The summed E-state index contributed by atoms with van der Waals surface area (Å²) < 4.78 is 15.7. The first-order chi connectivity index (χ1) is 11.8. The zero-order valence-corrected chi connectivity index (χ0v) is 14.7. The maximum Gasteiger partial charge on any atom is 0.319 e. The smallest absolute Gasteiger partial charge is 0.319 e. The molecule has 0 spiro atoms. The number of halogens is 1. The normalized spacial score (nSPS) is 10.4. The molecule has 0 aliphatic rings. The average molecular weight is 347 g/mol. The molecule has 8 heteroatoms. The van der Waals surface area contributed by atoms with Crippen molar-refractivity contribution >= 4 is 23.3 Å². The van der Waals surface area contributed by atoms with Gasteiger partial charge in [0, 0.05) is 37.0 Å². The molecule has 0 saturated carbocycles. The highest BCUT2D eigenvalue weighted by Crippen LogP contribution is 2.20. The average Bonchev–Trinajstić information content (AvgIpc) is 2.82. The molecule has 2 rings (SSSR count). The minimum absolute atomic E-state index is 0.0125. The van der Waals surface area contributed by atoms with Crippen molar-refractivity contribution in [3.63, 3.8) is 0 Å². The van der Waals surface area contributed by atoms with E-state index in [-0.39, 0.29) is 18.1 Å². The van der Waals surface area contributed by atoms with Crippen LogP contribution in [0.4, 0.5) is 20.6 Å². The van der Waals surface area contributed by atoms with Gasteiger partial charge in [0.25, 0.3) is 0 Å². The highest BCUT2D eigenvalue weighted by Gasteiger charge is 2.13. The summed E-state index contributed by atoms with van der Waals surface area (Å²) in [4.78, 5) is 23.1. The SMILES string of the molecule is CCn1nc(C)c(CNC(=O)Nc2cc(NC(C)=O)ccc2F)c1C. The molecule has 0 aliphatic carbocycles. The molecule has 2 aromatic rings. The number of carbonyl (C=O) groups is 2. The van der Waals surface area contributed by atoms with Crippen molar-refractivity contribution in [3.8, 4) is 0 Å². The predicted molar refractivity (Wildman–Crippen MR) is 93.9 cm³/mol. The van der Waals surface area contributed by atoms with Crippen LogP contribution >= 0.6 is 0 Å². The quantitative estimate of drug-likeness (QED) is 0.777. The van der Waals surface area contributed by atoms with Gasteiger partial charge in [0.2, 0.25) is 5.91 Å². The van der Waals surface area contributed by atoms with Gasteiger partial charge in [-0.1, -0.05) is 0 Å². The molecule has 134 valence electrons. The summed E-state index contributed by atoms with van der Waals surface area (Å²) in [6, 6.07) is 3.43. The summed E-state index contributed by atoms with van der Waals surface area (Å²) >= 11 is 0. The molecular weight excluding hydrogens is 325 g/mol. The molecule has 0 saturated heterocycles. The van der Waals surface area contributed by atoms with E-state index in [1.54, 1.807) is 0 Å². The number of hydrogen-bond acceptors (Lipinski definition) is 3. The summed E-state index contributed by atoms with van der Waals surface area (Å²) in [5.41, 5.74) is 3.16. The lowest BCUT2D eigenvalue weighted by molar-refractivity contribution is -0.114. The van der Waals surface area contributed by atoms with Crippen LogP contribution in [-0.2, 0) is 17.9 Å². The van der Waals surface area contributed by atoms with E-state index >= 15 is 0 Å². The Kier molecular flexibility index (Phi) is 5.74. The second-order valence-corrected chi connectivity index (χ2v) is 5.65. The summed E-state index contributed by atoms with van der Waals surface area (Å²) in [6.45, 7) is 8.20. The largest absolute Gasteiger partial charge is 0.334 e. The van der Waals surface area contributed by atoms with E-state index in [4.69, 9.17) is 0 Å². The van der Waals surface area contributed by atoms with Gasteiger partial charge in [-0.15, -0.1) is 0 Å². The van der Waals surface area contributed by atoms with E-state index in [0.29, 0.717) is 5.69 Å². The second kappa shape index (κ2) is 7.78. The fourth-order valence-electron chi connectivity index (χ4n) is 2.53. The number of anilines is 2. The lowest BCUT2D eigenvalue weighted by Gasteiger charge is -2.11. The van der Waals surface area contributed by atoms with Crippen molar-refractivity contribution in [2.45, 2.75) is 40.8 Å². The van der Waals surface area contributed by atoms with Crippen LogP contribution in [0, 0.1) is 19.7 Å². The van der Waals surface area contributed by atoms with Crippen molar-refractivity contribution in [2.75, 3.05) is 10.6 Å². The molecule has 0 atom stereocenters. The number of rotatable bonds is 5. The Hall–Kier alpha value is -2.90. The molecule has 3 N–H and O–H groups in total. The van der Waals surface area contributed by atoms with Crippen molar-refractivity contribution in [1.29, 1.82) is 0 Å². The Balaban J connectivity index is 2.03. The van der Waals surface area contributed by atoms with Crippen molar-refractivity contribution in [3.05, 3.63) is 41.0 Å². The summed E-state index contributed by atoms with van der Waals surface area (Å²) in [6.07, 6.45) is 0. The zero-order valence-electron chi connectivity index (χ0n) is 14.7. The van der Waals surface area contributed by atoms with E-state index in [9.17, 15) is 14.0 Å². The van der Waals surface area contributed by atoms with E-state index in [2.05, 4.69) is 21.0 Å². The molecule has 1 aromatic heterocycles. The molecule has 3 amide bonds. The number of carbonyl (C=O) groups excluding carboxylic acids is 2. The topological polar surface area (TPSA) is 88.1 Å². The van der Waals surface area contributed by atoms with E-state index in [1.165, 1.54) is 25.1 Å². The van der Waals surface area contributed by atoms with Crippen LogP contribution in [0.15, 0.2) is 18.2 Å². The van der Waals surface area contributed by atoms with Gasteiger partial charge in [0.1, 0.15) is 5.82 Å². The highest BCUT2D eigenvalue weighted by atomic mass is 19.1. The molecule has 1 heterocycles. The molecule has 0 aliphatic heterocycles. The van der Waals surface area contributed by atoms with Gasteiger partial charge < -0.3 is 16.0 Å². The molecular formula is C17H22FN5O2. The van der Waals surface area contributed by atoms with Gasteiger partial charge in [-0.05, 0) is 39.0 Å². The maximum atomic E-state index is 13.8. The van der Waals surface area contributed by atoms with Gasteiger partial charge in [0.05, 0.1) is 11.4 Å². The Morgan fingerprint density at radius 1 is 1.24 bits per heavy atom. The Morgan fingerprint density at radius 3 is 2.56 bits per heavy atom. The molecule has 1 aromatic carbocycles. The van der Waals surface area contributed by atoms with Crippen LogP contribution in [0.3, 0.4) is 0 Å². The number of aromatic nitrogens is 2. The monoisotopic (exact) mass is 347 g/mol. The minimum Gasteiger partial charge on any atom is -0.334 e. The van der Waals surface area contributed by atoms with E-state index in [0.717, 1.165) is 23.5 Å². The van der Waals surface area contributed by atoms with Crippen LogP contribution in [0.1, 0.15) is 30.8 Å². The molecule has 0 unspecified atom stereocenters. The number of urea groups is 1. The summed E-state index contributed by atoms with van der Waals surface area (Å²) in [5, 5.41) is 12.1.